The predicted octanol–water partition coefficient (Wildman–Crippen LogP) is 3.70. The molecule has 0 bridgehead atoms. The van der Waals surface area contributed by atoms with Crippen molar-refractivity contribution in [2.24, 2.45) is 0 Å². The Kier molecular flexibility index (Phi) is 6.80. The molecule has 4 aromatic rings. The predicted molar refractivity (Wildman–Crippen MR) is 138 cm³/mol. The van der Waals surface area contributed by atoms with Crippen molar-refractivity contribution in [3.05, 3.63) is 78.5 Å². The third kappa shape index (κ3) is 5.42. The van der Waals surface area contributed by atoms with Gasteiger partial charge >= 0.3 is 0 Å². The lowest BCUT2D eigenvalue weighted by Gasteiger charge is -2.36. The third-order valence-electron chi connectivity index (χ3n) is 6.35. The van der Waals surface area contributed by atoms with E-state index in [1.54, 1.807) is 30.5 Å². The van der Waals surface area contributed by atoms with Crippen molar-refractivity contribution < 1.29 is 13.6 Å². The third-order valence-corrected chi connectivity index (χ3v) is 6.35. The van der Waals surface area contributed by atoms with Crippen LogP contribution in [0.3, 0.4) is 0 Å². The topological polar surface area (TPSA) is 70.4 Å². The molecule has 1 fully saturated rings. The molecule has 10 heteroatoms. The zero-order valence-electron chi connectivity index (χ0n) is 20.7. The molecule has 0 unspecified atom stereocenters. The van der Waals surface area contributed by atoms with Gasteiger partial charge in [-0.1, -0.05) is 0 Å². The van der Waals surface area contributed by atoms with Gasteiger partial charge in [-0.25, -0.2) is 23.4 Å². The molecule has 190 valence electrons. The van der Waals surface area contributed by atoms with Crippen molar-refractivity contribution in [2.45, 2.75) is 6.54 Å². The second-order valence-corrected chi connectivity index (χ2v) is 9.06. The summed E-state index contributed by atoms with van der Waals surface area (Å²) in [5, 5.41) is 4.55. The standard InChI is InChI=1S/C27H27F2N7O/c1-33(2)24-17-23(11-12-30-24)34-13-15-35(16-14-34)25(37)18-36-27(20-5-9-22(29)10-6-20)31-26(32-36)19-3-7-21(28)8-4-19/h3-12,17H,13-16,18H2,1-2H3. The number of pyridine rings is 1. The van der Waals surface area contributed by atoms with E-state index in [1.165, 1.54) is 28.9 Å². The van der Waals surface area contributed by atoms with Gasteiger partial charge in [0.1, 0.15) is 24.0 Å². The monoisotopic (exact) mass is 503 g/mol. The lowest BCUT2D eigenvalue weighted by Crippen LogP contribution is -2.49. The Bertz CT molecular complexity index is 1380. The van der Waals surface area contributed by atoms with Gasteiger partial charge in [-0.3, -0.25) is 4.79 Å². The average Bonchev–Trinajstić information content (AvgIpc) is 3.33. The summed E-state index contributed by atoms with van der Waals surface area (Å²) >= 11 is 0. The molecule has 2 aromatic heterocycles. The minimum atomic E-state index is -0.366. The smallest absolute Gasteiger partial charge is 0.244 e. The maximum Gasteiger partial charge on any atom is 0.244 e. The number of nitrogens with zero attached hydrogens (tertiary/aromatic N) is 7. The van der Waals surface area contributed by atoms with Crippen LogP contribution in [0.25, 0.3) is 22.8 Å². The van der Waals surface area contributed by atoms with E-state index in [-0.39, 0.29) is 24.1 Å². The molecule has 1 amide bonds. The van der Waals surface area contributed by atoms with E-state index in [0.29, 0.717) is 49.0 Å². The summed E-state index contributed by atoms with van der Waals surface area (Å²) in [6.07, 6.45) is 1.79. The zero-order chi connectivity index (χ0) is 25.9. The minimum Gasteiger partial charge on any atom is -0.368 e. The summed E-state index contributed by atoms with van der Waals surface area (Å²) in [4.78, 5) is 28.3. The number of aromatic nitrogens is 4. The van der Waals surface area contributed by atoms with Gasteiger partial charge in [-0.15, -0.1) is 5.10 Å². The molecule has 1 aliphatic rings. The maximum atomic E-state index is 13.5. The van der Waals surface area contributed by atoms with Gasteiger partial charge in [0, 0.05) is 69.4 Å². The average molecular weight is 504 g/mol. The SMILES string of the molecule is CN(C)c1cc(N2CCN(C(=O)Cn3nc(-c4ccc(F)cc4)nc3-c3ccc(F)cc3)CC2)ccn1. The molecule has 8 nitrogen and oxygen atoms in total. The summed E-state index contributed by atoms with van der Waals surface area (Å²) in [5.41, 5.74) is 2.33. The Labute approximate surface area is 213 Å². The first-order valence-electron chi connectivity index (χ1n) is 12.0. The van der Waals surface area contributed by atoms with Crippen molar-refractivity contribution in [3.8, 4) is 22.8 Å². The van der Waals surface area contributed by atoms with Crippen LogP contribution < -0.4 is 9.80 Å². The van der Waals surface area contributed by atoms with Gasteiger partial charge in [0.25, 0.3) is 0 Å². The fourth-order valence-electron chi connectivity index (χ4n) is 4.28. The fourth-order valence-corrected chi connectivity index (χ4v) is 4.28. The molecule has 0 radical (unpaired) electrons. The number of carbonyl (C=O) groups excluding carboxylic acids is 1. The number of benzene rings is 2. The van der Waals surface area contributed by atoms with E-state index in [4.69, 9.17) is 0 Å². The molecule has 0 N–H and O–H groups in total. The van der Waals surface area contributed by atoms with Crippen LogP contribution in [0.1, 0.15) is 0 Å². The molecular formula is C27H27F2N7O. The van der Waals surface area contributed by atoms with Crippen molar-refractivity contribution >= 4 is 17.4 Å². The quantitative estimate of drug-likeness (QED) is 0.400. The van der Waals surface area contributed by atoms with Gasteiger partial charge in [0.15, 0.2) is 11.6 Å². The summed E-state index contributed by atoms with van der Waals surface area (Å²) in [5.74, 6) is 0.885. The molecule has 3 heterocycles. The van der Waals surface area contributed by atoms with Crippen molar-refractivity contribution in [1.82, 2.24) is 24.6 Å². The molecule has 1 aliphatic heterocycles. The first-order valence-corrected chi connectivity index (χ1v) is 12.0. The summed E-state index contributed by atoms with van der Waals surface area (Å²) in [7, 11) is 3.91. The Balaban J connectivity index is 1.33. The van der Waals surface area contributed by atoms with Crippen LogP contribution in [0.15, 0.2) is 66.9 Å². The van der Waals surface area contributed by atoms with Crippen molar-refractivity contribution in [1.29, 1.82) is 0 Å². The van der Waals surface area contributed by atoms with Crippen LogP contribution in [0.4, 0.5) is 20.3 Å². The van der Waals surface area contributed by atoms with E-state index in [0.717, 1.165) is 11.5 Å². The second-order valence-electron chi connectivity index (χ2n) is 9.06. The number of halogens is 2. The highest BCUT2D eigenvalue weighted by Crippen LogP contribution is 2.24. The number of rotatable bonds is 6. The van der Waals surface area contributed by atoms with Crippen LogP contribution in [-0.2, 0) is 11.3 Å². The molecule has 0 aliphatic carbocycles. The molecule has 37 heavy (non-hydrogen) atoms. The van der Waals surface area contributed by atoms with E-state index in [9.17, 15) is 13.6 Å². The van der Waals surface area contributed by atoms with Crippen LogP contribution in [0.5, 0.6) is 0 Å². The van der Waals surface area contributed by atoms with Gasteiger partial charge in [-0.05, 0) is 54.6 Å². The highest BCUT2D eigenvalue weighted by atomic mass is 19.1. The summed E-state index contributed by atoms with van der Waals surface area (Å²) in [6.45, 7) is 2.53. The van der Waals surface area contributed by atoms with E-state index in [2.05, 4.69) is 20.0 Å². The lowest BCUT2D eigenvalue weighted by atomic mass is 10.2. The number of amides is 1. The van der Waals surface area contributed by atoms with Gasteiger partial charge in [0.2, 0.25) is 5.91 Å². The molecule has 5 rings (SSSR count). The van der Waals surface area contributed by atoms with E-state index >= 15 is 0 Å². The number of carbonyl (C=O) groups is 1. The largest absolute Gasteiger partial charge is 0.368 e. The molecule has 2 aromatic carbocycles. The van der Waals surface area contributed by atoms with Crippen molar-refractivity contribution in [3.63, 3.8) is 0 Å². The number of piperazine rings is 1. The Morgan fingerprint density at radius 1 is 0.892 bits per heavy atom. The summed E-state index contributed by atoms with van der Waals surface area (Å²) < 4.78 is 28.5. The first kappa shape index (κ1) is 24.4. The molecule has 0 saturated carbocycles. The van der Waals surface area contributed by atoms with Crippen molar-refractivity contribution in [2.75, 3.05) is 50.1 Å². The highest BCUT2D eigenvalue weighted by Gasteiger charge is 2.24. The van der Waals surface area contributed by atoms with Crippen LogP contribution in [0.2, 0.25) is 0 Å². The first-order chi connectivity index (χ1) is 17.9. The maximum absolute atomic E-state index is 13.5. The lowest BCUT2D eigenvalue weighted by molar-refractivity contribution is -0.132. The highest BCUT2D eigenvalue weighted by molar-refractivity contribution is 5.77. The van der Waals surface area contributed by atoms with Gasteiger partial charge in [0.05, 0.1) is 0 Å². The van der Waals surface area contributed by atoms with E-state index in [1.807, 2.05) is 36.0 Å². The number of anilines is 2. The van der Waals surface area contributed by atoms with Crippen LogP contribution in [0, 0.1) is 11.6 Å². The Hall–Kier alpha value is -4.34. The van der Waals surface area contributed by atoms with Gasteiger partial charge in [-0.2, -0.15) is 0 Å². The Morgan fingerprint density at radius 2 is 1.51 bits per heavy atom. The molecule has 0 atom stereocenters. The molecule has 1 saturated heterocycles. The zero-order valence-corrected chi connectivity index (χ0v) is 20.7. The fraction of sp³-hybridized carbons (Fsp3) is 0.259. The second kappa shape index (κ2) is 10.3. The summed E-state index contributed by atoms with van der Waals surface area (Å²) in [6, 6.07) is 15.8. The van der Waals surface area contributed by atoms with Crippen LogP contribution in [-0.4, -0.2) is 70.8 Å². The number of hydrogen-bond donors (Lipinski definition) is 0. The molecular weight excluding hydrogens is 476 g/mol. The minimum absolute atomic E-state index is 0.0130. The Morgan fingerprint density at radius 3 is 2.14 bits per heavy atom. The molecule has 0 spiro atoms. The number of hydrogen-bond acceptors (Lipinski definition) is 6. The van der Waals surface area contributed by atoms with E-state index < -0.39 is 0 Å². The van der Waals surface area contributed by atoms with Crippen LogP contribution >= 0.6 is 0 Å². The van der Waals surface area contributed by atoms with Gasteiger partial charge < -0.3 is 14.7 Å². The normalized spacial score (nSPS) is 13.6.